The van der Waals surface area contributed by atoms with Gasteiger partial charge in [0.05, 0.1) is 19.1 Å². The van der Waals surface area contributed by atoms with Crippen molar-refractivity contribution in [1.82, 2.24) is 9.80 Å². The maximum absolute atomic E-state index is 13.6. The maximum Gasteiger partial charge on any atom is 0.270 e. The van der Waals surface area contributed by atoms with E-state index in [-0.39, 0.29) is 30.0 Å². The highest BCUT2D eigenvalue weighted by molar-refractivity contribution is 6.01. The third-order valence-corrected chi connectivity index (χ3v) is 6.63. The summed E-state index contributed by atoms with van der Waals surface area (Å²) in [7, 11) is 0. The Kier molecular flexibility index (Phi) is 5.47. The van der Waals surface area contributed by atoms with Crippen LogP contribution in [0.2, 0.25) is 0 Å². The molecule has 5 nitrogen and oxygen atoms in total. The van der Waals surface area contributed by atoms with Crippen LogP contribution in [0.3, 0.4) is 0 Å². The minimum Gasteiger partial charge on any atom is -0.366 e. The first-order valence-electron chi connectivity index (χ1n) is 11.0. The number of benzene rings is 2. The number of anilines is 1. The van der Waals surface area contributed by atoms with E-state index < -0.39 is 17.5 Å². The molecule has 1 atom stereocenters. The van der Waals surface area contributed by atoms with E-state index in [4.69, 9.17) is 0 Å². The van der Waals surface area contributed by atoms with Crippen LogP contribution in [0.25, 0.3) is 0 Å². The van der Waals surface area contributed by atoms with Gasteiger partial charge in [-0.25, -0.2) is 8.78 Å². The van der Waals surface area contributed by atoms with Crippen molar-refractivity contribution >= 4 is 17.5 Å². The van der Waals surface area contributed by atoms with Gasteiger partial charge in [0.1, 0.15) is 6.54 Å². The van der Waals surface area contributed by atoms with E-state index in [0.717, 1.165) is 18.2 Å². The minimum atomic E-state index is -2.93. The number of hydrogen-bond donors (Lipinski definition) is 0. The fourth-order valence-corrected chi connectivity index (χ4v) is 4.80. The van der Waals surface area contributed by atoms with E-state index in [1.165, 1.54) is 12.1 Å². The largest absolute Gasteiger partial charge is 0.366 e. The van der Waals surface area contributed by atoms with Gasteiger partial charge in [-0.3, -0.25) is 9.59 Å². The number of carbonyl (C=O) groups excluding carboxylic acids is 2. The molecule has 0 radical (unpaired) electrons. The molecule has 2 amide bonds. The van der Waals surface area contributed by atoms with Crippen molar-refractivity contribution in [3.8, 4) is 0 Å². The summed E-state index contributed by atoms with van der Waals surface area (Å²) >= 11 is 0. The van der Waals surface area contributed by atoms with E-state index in [1.807, 2.05) is 51.1 Å². The second kappa shape index (κ2) is 7.87. The van der Waals surface area contributed by atoms with Crippen molar-refractivity contribution < 1.29 is 18.4 Å². The van der Waals surface area contributed by atoms with Crippen molar-refractivity contribution in [2.45, 2.75) is 51.2 Å². The van der Waals surface area contributed by atoms with Gasteiger partial charge >= 0.3 is 0 Å². The van der Waals surface area contributed by atoms with Crippen LogP contribution < -0.4 is 4.90 Å². The molecule has 170 valence electrons. The Morgan fingerprint density at radius 2 is 1.53 bits per heavy atom. The molecule has 7 heteroatoms. The highest BCUT2D eigenvalue weighted by atomic mass is 19.3. The van der Waals surface area contributed by atoms with Crippen molar-refractivity contribution in [2.24, 2.45) is 0 Å². The molecule has 2 aromatic carbocycles. The van der Waals surface area contributed by atoms with Gasteiger partial charge in [0.2, 0.25) is 5.91 Å². The number of hydrogen-bond acceptors (Lipinski definition) is 3. The van der Waals surface area contributed by atoms with Gasteiger partial charge in [-0.15, -0.1) is 0 Å². The first-order chi connectivity index (χ1) is 15.0. The number of para-hydroxylation sites is 1. The van der Waals surface area contributed by atoms with Crippen LogP contribution in [0, 0.1) is 0 Å². The van der Waals surface area contributed by atoms with Gasteiger partial charge in [-0.1, -0.05) is 42.5 Å². The third-order valence-electron chi connectivity index (χ3n) is 6.63. The number of nitrogens with zero attached hydrogens (tertiary/aromatic N) is 3. The topological polar surface area (TPSA) is 43.9 Å². The van der Waals surface area contributed by atoms with Crippen molar-refractivity contribution in [3.63, 3.8) is 0 Å². The van der Waals surface area contributed by atoms with Gasteiger partial charge in [-0.05, 0) is 38.5 Å². The molecule has 4 rings (SSSR count). The van der Waals surface area contributed by atoms with E-state index in [1.54, 1.807) is 21.9 Å². The highest BCUT2D eigenvalue weighted by Gasteiger charge is 2.61. The quantitative estimate of drug-likeness (QED) is 0.699. The SMILES string of the molecule is CC(C)N1CC(=O)N(C(C)c2ccc(C(C)(F)F)cc2)C2(CN(c3ccccc3)C2)C1=O. The molecular weight excluding hydrogens is 412 g/mol. The molecule has 0 N–H and O–H groups in total. The Morgan fingerprint density at radius 1 is 0.938 bits per heavy atom. The minimum absolute atomic E-state index is 0.0268. The lowest BCUT2D eigenvalue weighted by Gasteiger charge is -2.60. The molecule has 2 aliphatic heterocycles. The number of rotatable bonds is 5. The Hall–Kier alpha value is -2.96. The highest BCUT2D eigenvalue weighted by Crippen LogP contribution is 2.42. The number of alkyl halides is 2. The maximum atomic E-state index is 13.6. The van der Waals surface area contributed by atoms with E-state index in [9.17, 15) is 18.4 Å². The van der Waals surface area contributed by atoms with Crippen LogP contribution >= 0.6 is 0 Å². The molecule has 2 heterocycles. The number of carbonyl (C=O) groups is 2. The smallest absolute Gasteiger partial charge is 0.270 e. The van der Waals surface area contributed by atoms with Crippen molar-refractivity contribution in [1.29, 1.82) is 0 Å². The number of piperazine rings is 1. The molecule has 0 aromatic heterocycles. The number of halogens is 2. The van der Waals surface area contributed by atoms with Crippen LogP contribution in [0.15, 0.2) is 54.6 Å². The molecule has 0 saturated carbocycles. The fraction of sp³-hybridized carbons (Fsp3) is 0.440. The van der Waals surface area contributed by atoms with Crippen LogP contribution in [0.4, 0.5) is 14.5 Å². The first kappa shape index (κ1) is 22.2. The lowest BCUT2D eigenvalue weighted by Crippen LogP contribution is -2.81. The van der Waals surface area contributed by atoms with Crippen LogP contribution in [0.5, 0.6) is 0 Å². The molecule has 2 fully saturated rings. The molecule has 0 aliphatic carbocycles. The Labute approximate surface area is 187 Å². The van der Waals surface area contributed by atoms with Crippen molar-refractivity contribution in [3.05, 3.63) is 65.7 Å². The molecule has 2 saturated heterocycles. The summed E-state index contributed by atoms with van der Waals surface area (Å²) < 4.78 is 27.3. The Bertz CT molecular complexity index is 996. The second-order valence-electron chi connectivity index (χ2n) is 9.20. The van der Waals surface area contributed by atoms with Gasteiger partial charge < -0.3 is 14.7 Å². The zero-order chi connectivity index (χ0) is 23.3. The van der Waals surface area contributed by atoms with Gasteiger partial charge in [-0.2, -0.15) is 0 Å². The zero-order valence-electron chi connectivity index (χ0n) is 18.9. The molecule has 1 unspecified atom stereocenters. The lowest BCUT2D eigenvalue weighted by molar-refractivity contribution is -0.172. The molecular formula is C25H29F2N3O2. The third kappa shape index (κ3) is 3.63. The summed E-state index contributed by atoms with van der Waals surface area (Å²) in [5.41, 5.74) is 0.688. The predicted molar refractivity (Wildman–Crippen MR) is 120 cm³/mol. The Morgan fingerprint density at radius 3 is 2.06 bits per heavy atom. The van der Waals surface area contributed by atoms with Gasteiger partial charge in [0, 0.05) is 24.2 Å². The molecule has 2 aliphatic rings. The fourth-order valence-electron chi connectivity index (χ4n) is 4.80. The van der Waals surface area contributed by atoms with Crippen LogP contribution in [-0.2, 0) is 15.5 Å². The molecule has 2 aromatic rings. The average molecular weight is 442 g/mol. The van der Waals surface area contributed by atoms with Gasteiger partial charge in [0.25, 0.3) is 11.8 Å². The summed E-state index contributed by atoms with van der Waals surface area (Å²) in [5.74, 6) is -3.10. The summed E-state index contributed by atoms with van der Waals surface area (Å²) in [4.78, 5) is 32.4. The second-order valence-corrected chi connectivity index (χ2v) is 9.20. The van der Waals surface area contributed by atoms with E-state index in [0.29, 0.717) is 13.1 Å². The molecule has 32 heavy (non-hydrogen) atoms. The van der Waals surface area contributed by atoms with Crippen LogP contribution in [0.1, 0.15) is 44.9 Å². The monoisotopic (exact) mass is 441 g/mol. The average Bonchev–Trinajstić information content (AvgIpc) is 2.72. The zero-order valence-corrected chi connectivity index (χ0v) is 18.9. The summed E-state index contributed by atoms with van der Waals surface area (Å²) in [6.45, 7) is 7.38. The lowest BCUT2D eigenvalue weighted by atomic mass is 9.81. The molecule has 0 bridgehead atoms. The summed E-state index contributed by atoms with van der Waals surface area (Å²) in [5, 5.41) is 0. The molecule has 1 spiro atoms. The van der Waals surface area contributed by atoms with E-state index in [2.05, 4.69) is 4.90 Å². The summed E-state index contributed by atoms with van der Waals surface area (Å²) in [6, 6.07) is 15.3. The normalized spacial score (nSPS) is 19.5. The Balaban J connectivity index is 1.67. The standard InChI is InChI=1S/C25H29F2N3O2/c1-17(2)29-14-22(31)30(18(3)19-10-12-20(13-11-19)24(4,26)27)25(23(29)32)15-28(16-25)21-8-6-5-7-9-21/h5-13,17-18H,14-16H2,1-4H3. The summed E-state index contributed by atoms with van der Waals surface area (Å²) in [6.07, 6.45) is 0. The first-order valence-corrected chi connectivity index (χ1v) is 11.0. The van der Waals surface area contributed by atoms with Crippen molar-refractivity contribution in [2.75, 3.05) is 24.5 Å². The van der Waals surface area contributed by atoms with E-state index >= 15 is 0 Å². The predicted octanol–water partition coefficient (Wildman–Crippen LogP) is 4.20. The van der Waals surface area contributed by atoms with Gasteiger partial charge in [0.15, 0.2) is 5.54 Å². The number of amides is 2. The van der Waals surface area contributed by atoms with Crippen LogP contribution in [-0.4, -0.2) is 52.8 Å².